The molecule has 0 radical (unpaired) electrons. The fourth-order valence-electron chi connectivity index (χ4n) is 4.95. The van der Waals surface area contributed by atoms with Gasteiger partial charge in [-0.2, -0.15) is 0 Å². The number of hydroxylamine groups is 1. The van der Waals surface area contributed by atoms with Crippen LogP contribution < -0.4 is 17.1 Å². The molecule has 5 N–H and O–H groups in total. The number of ether oxygens (including phenoxy) is 1. The molecule has 0 aromatic heterocycles. The van der Waals surface area contributed by atoms with Crippen molar-refractivity contribution < 1.29 is 24.0 Å². The highest BCUT2D eigenvalue weighted by Gasteiger charge is 2.50. The van der Waals surface area contributed by atoms with E-state index in [2.05, 4.69) is 5.48 Å². The number of aryl methyl sites for hydroxylation is 1. The molecule has 40 heavy (non-hydrogen) atoms. The smallest absolute Gasteiger partial charge is 0.268 e. The third-order valence-electron chi connectivity index (χ3n) is 7.14. The van der Waals surface area contributed by atoms with E-state index in [1.807, 2.05) is 62.4 Å². The molecular formula is C31H42N4O5. The maximum Gasteiger partial charge on any atom is 0.268 e. The molecule has 0 spiro atoms. The van der Waals surface area contributed by atoms with E-state index in [-0.39, 0.29) is 12.8 Å². The molecule has 9 nitrogen and oxygen atoms in total. The van der Waals surface area contributed by atoms with E-state index < -0.39 is 41.4 Å². The predicted octanol–water partition coefficient (Wildman–Crippen LogP) is 3.70. The van der Waals surface area contributed by atoms with E-state index in [1.165, 1.54) is 0 Å². The zero-order valence-corrected chi connectivity index (χ0v) is 23.7. The van der Waals surface area contributed by atoms with Crippen molar-refractivity contribution in [2.45, 2.75) is 83.1 Å². The van der Waals surface area contributed by atoms with Crippen molar-refractivity contribution in [2.75, 3.05) is 6.61 Å². The molecule has 1 aliphatic rings. The average Bonchev–Trinajstić information content (AvgIpc) is 2.97. The second-order valence-corrected chi connectivity index (χ2v) is 10.3. The molecule has 2 amide bonds. The molecule has 0 aliphatic carbocycles. The number of rotatable bonds is 13. The van der Waals surface area contributed by atoms with Crippen LogP contribution in [0.3, 0.4) is 0 Å². The summed E-state index contributed by atoms with van der Waals surface area (Å²) in [6, 6.07) is 14.7. The van der Waals surface area contributed by atoms with Crippen LogP contribution in [0.25, 0.3) is 6.08 Å². The lowest BCUT2D eigenvalue weighted by Gasteiger charge is -2.38. The van der Waals surface area contributed by atoms with Gasteiger partial charge in [0.25, 0.3) is 11.8 Å². The fraction of sp³-hybridized carbons (Fsp3) is 0.452. The molecule has 2 aromatic rings. The van der Waals surface area contributed by atoms with Crippen LogP contribution in [-0.4, -0.2) is 47.6 Å². The third kappa shape index (κ3) is 7.63. The number of hydrazine groups is 1. The van der Waals surface area contributed by atoms with Gasteiger partial charge in [0.1, 0.15) is 11.5 Å². The van der Waals surface area contributed by atoms with Crippen LogP contribution in [0.2, 0.25) is 0 Å². The Bertz CT molecular complexity index is 1150. The van der Waals surface area contributed by atoms with E-state index in [1.54, 1.807) is 25.1 Å². The normalized spacial score (nSPS) is 18.5. The Morgan fingerprint density at radius 3 is 2.45 bits per heavy atom. The Morgan fingerprint density at radius 1 is 1.15 bits per heavy atom. The molecule has 216 valence electrons. The minimum Gasteiger partial charge on any atom is -0.350 e. The van der Waals surface area contributed by atoms with E-state index in [9.17, 15) is 14.4 Å². The van der Waals surface area contributed by atoms with Gasteiger partial charge in [-0.1, -0.05) is 85.7 Å². The first kappa shape index (κ1) is 31.2. The lowest BCUT2D eigenvalue weighted by Crippen LogP contribution is -2.62. The van der Waals surface area contributed by atoms with Gasteiger partial charge >= 0.3 is 0 Å². The summed E-state index contributed by atoms with van der Waals surface area (Å²) in [4.78, 5) is 47.0. The van der Waals surface area contributed by atoms with Crippen LogP contribution >= 0.6 is 0 Å². The first-order chi connectivity index (χ1) is 19.2. The standard InChI is InChI=1S/C31H42N4O5/c1-4-20-31(28(36)23(3)32,25-18-16-22(2)17-19-25)30(38)35(33)26(14-10-13-24-11-6-5-7-12-24)29(37)34-40-27-15-8-9-21-39-27/h5-7,10-13,16-19,23,26-27H,4,8-9,14-15,20-21,32-33H2,1-3H3,(H,34,37)/b13-10+/t23-,26-,27?,31+/m0/s1. The highest BCUT2D eigenvalue weighted by atomic mass is 16.8. The van der Waals surface area contributed by atoms with E-state index in [0.717, 1.165) is 29.0 Å². The van der Waals surface area contributed by atoms with Crippen LogP contribution in [0.4, 0.5) is 0 Å². The Morgan fingerprint density at radius 2 is 1.85 bits per heavy atom. The molecule has 0 saturated carbocycles. The molecule has 3 rings (SSSR count). The van der Waals surface area contributed by atoms with Crippen molar-refractivity contribution in [1.29, 1.82) is 0 Å². The molecule has 4 atom stereocenters. The van der Waals surface area contributed by atoms with Gasteiger partial charge in [0, 0.05) is 13.0 Å². The lowest BCUT2D eigenvalue weighted by molar-refractivity contribution is -0.202. The number of carbonyl (C=O) groups is 3. The van der Waals surface area contributed by atoms with Crippen molar-refractivity contribution in [3.63, 3.8) is 0 Å². The predicted molar refractivity (Wildman–Crippen MR) is 154 cm³/mol. The molecule has 1 heterocycles. The Hall–Kier alpha value is -3.37. The number of ketones is 1. The van der Waals surface area contributed by atoms with Gasteiger partial charge in [-0.25, -0.2) is 16.2 Å². The largest absolute Gasteiger partial charge is 0.350 e. The zero-order chi connectivity index (χ0) is 29.1. The first-order valence-electron chi connectivity index (χ1n) is 13.9. The minimum absolute atomic E-state index is 0.0837. The van der Waals surface area contributed by atoms with E-state index >= 15 is 0 Å². The summed E-state index contributed by atoms with van der Waals surface area (Å²) in [6.45, 7) is 5.90. The van der Waals surface area contributed by atoms with Gasteiger partial charge in [0.2, 0.25) is 0 Å². The van der Waals surface area contributed by atoms with Crippen LogP contribution in [0.5, 0.6) is 0 Å². The van der Waals surface area contributed by atoms with Crippen molar-refractivity contribution in [1.82, 2.24) is 10.5 Å². The second-order valence-electron chi connectivity index (χ2n) is 10.3. The molecule has 9 heteroatoms. The molecule has 1 saturated heterocycles. The number of nitrogens with one attached hydrogen (secondary N) is 1. The van der Waals surface area contributed by atoms with Crippen LogP contribution in [-0.2, 0) is 29.4 Å². The second kappa shape index (κ2) is 14.9. The summed E-state index contributed by atoms with van der Waals surface area (Å²) in [6.07, 6.45) is 6.30. The summed E-state index contributed by atoms with van der Waals surface area (Å²) in [5.74, 6) is 4.72. The summed E-state index contributed by atoms with van der Waals surface area (Å²) < 4.78 is 5.55. The molecule has 1 unspecified atom stereocenters. The zero-order valence-electron chi connectivity index (χ0n) is 23.7. The molecule has 2 aromatic carbocycles. The number of nitrogens with zero attached hydrogens (tertiary/aromatic N) is 1. The number of carbonyl (C=O) groups excluding carboxylic acids is 3. The van der Waals surface area contributed by atoms with Crippen LogP contribution in [0, 0.1) is 6.92 Å². The maximum atomic E-state index is 14.3. The van der Waals surface area contributed by atoms with Crippen molar-refractivity contribution in [3.8, 4) is 0 Å². The summed E-state index contributed by atoms with van der Waals surface area (Å²) in [5.41, 5.74) is 9.27. The molecular weight excluding hydrogens is 508 g/mol. The van der Waals surface area contributed by atoms with Gasteiger partial charge in [-0.15, -0.1) is 0 Å². The minimum atomic E-state index is -1.65. The topological polar surface area (TPSA) is 137 Å². The highest BCUT2D eigenvalue weighted by molar-refractivity contribution is 6.14. The van der Waals surface area contributed by atoms with Gasteiger partial charge in [-0.3, -0.25) is 19.4 Å². The molecule has 1 aliphatic heterocycles. The Labute approximate surface area is 236 Å². The van der Waals surface area contributed by atoms with Gasteiger partial charge in [0.05, 0.1) is 6.04 Å². The van der Waals surface area contributed by atoms with Gasteiger partial charge in [0.15, 0.2) is 12.1 Å². The third-order valence-corrected chi connectivity index (χ3v) is 7.14. The lowest BCUT2D eigenvalue weighted by atomic mass is 9.70. The van der Waals surface area contributed by atoms with E-state index in [0.29, 0.717) is 25.0 Å². The molecule has 1 fully saturated rings. The number of Topliss-reactive ketones (excluding diaryl/α,β-unsaturated/α-hetero) is 1. The summed E-state index contributed by atoms with van der Waals surface area (Å²) >= 11 is 0. The molecule has 0 bridgehead atoms. The van der Waals surface area contributed by atoms with Gasteiger partial charge in [-0.05, 0) is 50.7 Å². The number of amides is 2. The maximum absolute atomic E-state index is 14.3. The van der Waals surface area contributed by atoms with E-state index in [4.69, 9.17) is 21.2 Å². The quantitative estimate of drug-likeness (QED) is 0.150. The van der Waals surface area contributed by atoms with Crippen LogP contribution in [0.1, 0.15) is 69.1 Å². The fourth-order valence-corrected chi connectivity index (χ4v) is 4.95. The SMILES string of the molecule is CCC[C@@](C(=O)[C@H](C)N)(C(=O)N(N)[C@@H](C/C=C/c1ccccc1)C(=O)NOC1CCCCO1)c1ccc(C)cc1. The monoisotopic (exact) mass is 550 g/mol. The number of nitrogens with two attached hydrogens (primary N) is 2. The first-order valence-corrected chi connectivity index (χ1v) is 13.9. The number of hydrogen-bond acceptors (Lipinski definition) is 7. The van der Waals surface area contributed by atoms with Crippen molar-refractivity contribution >= 4 is 23.7 Å². The number of benzene rings is 2. The summed E-state index contributed by atoms with van der Waals surface area (Å²) in [7, 11) is 0. The Balaban J connectivity index is 1.96. The average molecular weight is 551 g/mol. The summed E-state index contributed by atoms with van der Waals surface area (Å²) in [5, 5.41) is 0.867. The number of hydrogen-bond donors (Lipinski definition) is 3. The van der Waals surface area contributed by atoms with Crippen LogP contribution in [0.15, 0.2) is 60.7 Å². The van der Waals surface area contributed by atoms with Gasteiger partial charge < -0.3 is 10.5 Å². The Kier molecular flexibility index (Phi) is 11.6. The highest BCUT2D eigenvalue weighted by Crippen LogP contribution is 2.34. The van der Waals surface area contributed by atoms with Crippen molar-refractivity contribution in [2.24, 2.45) is 11.6 Å². The van der Waals surface area contributed by atoms with Crippen molar-refractivity contribution in [3.05, 3.63) is 77.4 Å².